The van der Waals surface area contributed by atoms with Crippen molar-refractivity contribution >= 4 is 7.81 Å². The Labute approximate surface area is 113 Å². The SMILES string of the molecule is CC1=[C-]C(C)(C)C(C)=C1C.F[P-](F)(F)(F)(F)F.[Co]. The summed E-state index contributed by atoms with van der Waals surface area (Å²) in [5.74, 6) is 0. The Kier molecular flexibility index (Phi) is 5.11. The van der Waals surface area contributed by atoms with Crippen LogP contribution in [0, 0.1) is 11.5 Å². The Morgan fingerprint density at radius 3 is 1.22 bits per heavy atom. The van der Waals surface area contributed by atoms with Gasteiger partial charge in [0, 0.05) is 16.8 Å². The second kappa shape index (κ2) is 4.53. The molecule has 1 aliphatic rings. The molecule has 0 bridgehead atoms. The number of hydrogen-bond donors (Lipinski definition) is 0. The van der Waals surface area contributed by atoms with Gasteiger partial charge in [0.05, 0.1) is 0 Å². The van der Waals surface area contributed by atoms with Gasteiger partial charge in [0.2, 0.25) is 0 Å². The van der Waals surface area contributed by atoms with Crippen LogP contribution >= 0.6 is 7.81 Å². The molecule has 0 saturated heterocycles. The molecule has 0 amide bonds. The number of rotatable bonds is 0. The van der Waals surface area contributed by atoms with Crippen molar-refractivity contribution in [2.24, 2.45) is 5.41 Å². The molecule has 1 aliphatic carbocycles. The number of allylic oxidation sites excluding steroid dienone is 4. The van der Waals surface area contributed by atoms with Gasteiger partial charge in [-0.15, -0.1) is 6.92 Å². The normalized spacial score (nSPS) is 22.1. The molecular formula is C10H15CoF6P-2. The van der Waals surface area contributed by atoms with Crippen LogP contribution in [0.25, 0.3) is 0 Å². The summed E-state index contributed by atoms with van der Waals surface area (Å²) in [6.45, 7) is 10.9. The van der Waals surface area contributed by atoms with Crippen LogP contribution in [0.5, 0.6) is 0 Å². The molecule has 0 aromatic carbocycles. The van der Waals surface area contributed by atoms with E-state index in [0.717, 1.165) is 0 Å². The van der Waals surface area contributed by atoms with Gasteiger partial charge in [-0.25, -0.2) is 5.57 Å². The molecule has 113 valence electrons. The smallest absolute Gasteiger partial charge is 0 e. The minimum absolute atomic E-state index is 0. The summed E-state index contributed by atoms with van der Waals surface area (Å²) in [5, 5.41) is 0. The standard InChI is InChI=1S/C10H15.Co.F6P/c1-7-6-10(4,5)9(3)8(7)2;;1-7(2,3,4,5)6/h1-5H3;;/q-1;;-1. The largest absolute Gasteiger partial charge is 0 e. The molecule has 18 heavy (non-hydrogen) atoms. The molecule has 0 aromatic rings. The third-order valence-corrected chi connectivity index (χ3v) is 2.56. The third kappa shape index (κ3) is 9.97. The zero-order valence-electron chi connectivity index (χ0n) is 10.5. The van der Waals surface area contributed by atoms with Crippen LogP contribution in [0.1, 0.15) is 34.6 Å². The van der Waals surface area contributed by atoms with Crippen molar-refractivity contribution in [3.8, 4) is 0 Å². The van der Waals surface area contributed by atoms with E-state index in [1.54, 1.807) is 0 Å². The Morgan fingerprint density at radius 1 is 0.889 bits per heavy atom. The van der Waals surface area contributed by atoms with E-state index in [1.807, 2.05) is 0 Å². The van der Waals surface area contributed by atoms with Crippen LogP contribution < -0.4 is 0 Å². The zero-order chi connectivity index (χ0) is 14.3. The average Bonchev–Trinajstić information content (AvgIpc) is 2.07. The molecule has 0 N–H and O–H groups in total. The first-order valence-electron chi connectivity index (χ1n) is 4.76. The fourth-order valence-electron chi connectivity index (χ4n) is 1.41. The Hall–Kier alpha value is -0.00351. The molecule has 0 spiro atoms. The van der Waals surface area contributed by atoms with E-state index < -0.39 is 7.81 Å². The van der Waals surface area contributed by atoms with Gasteiger partial charge in [-0.2, -0.15) is 11.1 Å². The maximum atomic E-state index is 9.87. The Morgan fingerprint density at radius 2 is 1.17 bits per heavy atom. The van der Waals surface area contributed by atoms with Gasteiger partial charge in [0.1, 0.15) is 0 Å². The van der Waals surface area contributed by atoms with Gasteiger partial charge in [0.25, 0.3) is 0 Å². The molecule has 0 aromatic heterocycles. The minimum Gasteiger partial charge on any atom is 0 e. The summed E-state index contributed by atoms with van der Waals surface area (Å²) in [6.07, 6.45) is 3.44. The molecule has 0 saturated carbocycles. The van der Waals surface area contributed by atoms with E-state index in [4.69, 9.17) is 0 Å². The average molecular weight is 339 g/mol. The van der Waals surface area contributed by atoms with Crippen molar-refractivity contribution in [2.45, 2.75) is 34.6 Å². The van der Waals surface area contributed by atoms with Crippen LogP contribution in [0.4, 0.5) is 25.2 Å². The first-order valence-corrected chi connectivity index (χ1v) is 6.79. The predicted molar refractivity (Wildman–Crippen MR) is 58.2 cm³/mol. The van der Waals surface area contributed by atoms with Crippen LogP contribution in [0.15, 0.2) is 16.7 Å². The van der Waals surface area contributed by atoms with Crippen molar-refractivity contribution in [2.75, 3.05) is 0 Å². The molecule has 0 heterocycles. The topological polar surface area (TPSA) is 0 Å². The molecule has 1 radical (unpaired) electrons. The van der Waals surface area contributed by atoms with Gasteiger partial charge in [-0.3, -0.25) is 6.08 Å². The van der Waals surface area contributed by atoms with E-state index in [-0.39, 0.29) is 22.2 Å². The van der Waals surface area contributed by atoms with E-state index in [0.29, 0.717) is 0 Å². The third-order valence-electron chi connectivity index (χ3n) is 2.56. The fourth-order valence-corrected chi connectivity index (χ4v) is 1.41. The second-order valence-electron chi connectivity index (χ2n) is 4.58. The molecule has 0 aliphatic heterocycles. The molecule has 0 nitrogen and oxygen atoms in total. The van der Waals surface area contributed by atoms with Crippen molar-refractivity contribution in [1.82, 2.24) is 0 Å². The summed E-state index contributed by atoms with van der Waals surface area (Å²) in [4.78, 5) is 0. The summed E-state index contributed by atoms with van der Waals surface area (Å²) in [5.41, 5.74) is 4.39. The molecule has 0 fully saturated rings. The van der Waals surface area contributed by atoms with Gasteiger partial charge in [-0.1, -0.05) is 33.1 Å². The monoisotopic (exact) mass is 339 g/mol. The van der Waals surface area contributed by atoms with Crippen LogP contribution in [-0.4, -0.2) is 0 Å². The molecular weight excluding hydrogens is 324 g/mol. The predicted octanol–water partition coefficient (Wildman–Crippen LogP) is 6.49. The molecule has 0 unspecified atom stereocenters. The van der Waals surface area contributed by atoms with E-state index in [9.17, 15) is 25.2 Å². The molecule has 0 atom stereocenters. The van der Waals surface area contributed by atoms with Gasteiger partial charge in [-0.05, 0) is 0 Å². The maximum absolute atomic E-state index is 10.7. The number of hydrogen-bond acceptors (Lipinski definition) is 0. The second-order valence-corrected chi connectivity index (χ2v) is 6.50. The minimum atomic E-state index is -10.7. The van der Waals surface area contributed by atoms with E-state index >= 15 is 0 Å². The first-order chi connectivity index (χ1) is 6.90. The molecule has 8 heteroatoms. The van der Waals surface area contributed by atoms with Crippen molar-refractivity contribution in [3.63, 3.8) is 0 Å². The van der Waals surface area contributed by atoms with Crippen LogP contribution in [-0.2, 0) is 16.8 Å². The molecule has 1 rings (SSSR count). The quantitative estimate of drug-likeness (QED) is 0.269. The summed E-state index contributed by atoms with van der Waals surface area (Å²) < 4.78 is 59.2. The van der Waals surface area contributed by atoms with Crippen molar-refractivity contribution < 1.29 is 42.0 Å². The zero-order valence-corrected chi connectivity index (χ0v) is 12.5. The summed E-state index contributed by atoms with van der Waals surface area (Å²) in [6, 6.07) is 0. The van der Waals surface area contributed by atoms with Crippen molar-refractivity contribution in [3.05, 3.63) is 22.8 Å². The van der Waals surface area contributed by atoms with Gasteiger partial charge >= 0.3 is 33.0 Å². The summed E-state index contributed by atoms with van der Waals surface area (Å²) >= 11 is 0. The maximum Gasteiger partial charge on any atom is 0 e. The van der Waals surface area contributed by atoms with Crippen LogP contribution in [0.2, 0.25) is 0 Å². The van der Waals surface area contributed by atoms with Gasteiger partial charge in [0.15, 0.2) is 0 Å². The fraction of sp³-hybridized carbons (Fsp3) is 0.600. The Balaban J connectivity index is 0. The number of halogens is 6. The van der Waals surface area contributed by atoms with E-state index in [2.05, 4.69) is 40.7 Å². The van der Waals surface area contributed by atoms with Crippen molar-refractivity contribution in [1.29, 1.82) is 0 Å². The van der Waals surface area contributed by atoms with Gasteiger partial charge < -0.3 is 0 Å². The summed E-state index contributed by atoms with van der Waals surface area (Å²) in [7, 11) is -10.7. The van der Waals surface area contributed by atoms with E-state index in [1.165, 1.54) is 16.7 Å². The first kappa shape index (κ1) is 20.3. The van der Waals surface area contributed by atoms with Crippen LogP contribution in [0.3, 0.4) is 0 Å². The Bertz CT molecular complexity index is 375.